The summed E-state index contributed by atoms with van der Waals surface area (Å²) in [5.74, 6) is 0.102. The Morgan fingerprint density at radius 1 is 1.28 bits per heavy atom. The number of pyridine rings is 1. The lowest BCUT2D eigenvalue weighted by atomic mass is 9.94. The molecule has 1 aromatic heterocycles. The summed E-state index contributed by atoms with van der Waals surface area (Å²) >= 11 is 3.23. The maximum Gasteiger partial charge on any atom is 0.360 e. The molecule has 25 heavy (non-hydrogen) atoms. The van der Waals surface area contributed by atoms with Crippen LogP contribution in [0, 0.1) is 11.3 Å². The number of aromatic nitrogens is 1. The SMILES string of the molecule is COC(=O)c1nc(Br)ccc1OC[C@H](CC(C)C)NC(=O)C(C)(C)C. The minimum Gasteiger partial charge on any atom is -0.489 e. The molecule has 0 aliphatic carbocycles. The third-order valence-corrected chi connectivity index (χ3v) is 3.86. The number of rotatable bonds is 7. The number of carbonyl (C=O) groups excluding carboxylic acids is 2. The zero-order chi connectivity index (χ0) is 19.2. The lowest BCUT2D eigenvalue weighted by molar-refractivity contribution is -0.129. The van der Waals surface area contributed by atoms with Gasteiger partial charge in [0, 0.05) is 5.41 Å². The molecule has 0 unspecified atom stereocenters. The Balaban J connectivity index is 2.89. The summed E-state index contributed by atoms with van der Waals surface area (Å²) < 4.78 is 11.0. The van der Waals surface area contributed by atoms with Crippen LogP contribution in [-0.4, -0.2) is 36.6 Å². The minimum absolute atomic E-state index is 0.0381. The van der Waals surface area contributed by atoms with Crippen molar-refractivity contribution in [2.75, 3.05) is 13.7 Å². The monoisotopic (exact) mass is 414 g/mol. The van der Waals surface area contributed by atoms with E-state index in [1.807, 2.05) is 20.8 Å². The van der Waals surface area contributed by atoms with Crippen LogP contribution in [0.4, 0.5) is 0 Å². The van der Waals surface area contributed by atoms with Crippen LogP contribution in [0.25, 0.3) is 0 Å². The molecule has 0 aromatic carbocycles. The van der Waals surface area contributed by atoms with Gasteiger partial charge in [-0.25, -0.2) is 9.78 Å². The molecule has 1 atom stereocenters. The molecule has 0 aliphatic rings. The fraction of sp³-hybridized carbons (Fsp3) is 0.611. The molecule has 0 saturated heterocycles. The van der Waals surface area contributed by atoms with E-state index < -0.39 is 11.4 Å². The summed E-state index contributed by atoms with van der Waals surface area (Å²) in [4.78, 5) is 28.3. The molecule has 7 heteroatoms. The average molecular weight is 415 g/mol. The molecule has 0 fully saturated rings. The van der Waals surface area contributed by atoms with Crippen molar-refractivity contribution in [3.63, 3.8) is 0 Å². The molecule has 0 bridgehead atoms. The van der Waals surface area contributed by atoms with Gasteiger partial charge < -0.3 is 14.8 Å². The summed E-state index contributed by atoms with van der Waals surface area (Å²) in [7, 11) is 1.29. The van der Waals surface area contributed by atoms with Crippen LogP contribution in [-0.2, 0) is 9.53 Å². The van der Waals surface area contributed by atoms with E-state index in [0.29, 0.717) is 16.3 Å². The van der Waals surface area contributed by atoms with Gasteiger partial charge in [0.25, 0.3) is 0 Å². The van der Waals surface area contributed by atoms with Gasteiger partial charge in [-0.05, 0) is 40.4 Å². The predicted octanol–water partition coefficient (Wildman–Crippen LogP) is 3.59. The second kappa shape index (κ2) is 9.17. The first-order valence-corrected chi connectivity index (χ1v) is 9.02. The first kappa shape index (κ1) is 21.4. The third kappa shape index (κ3) is 7.02. The van der Waals surface area contributed by atoms with Crippen molar-refractivity contribution >= 4 is 27.8 Å². The topological polar surface area (TPSA) is 77.5 Å². The number of esters is 1. The molecule has 1 rings (SSSR count). The highest BCUT2D eigenvalue weighted by atomic mass is 79.9. The number of carbonyl (C=O) groups is 2. The van der Waals surface area contributed by atoms with Crippen molar-refractivity contribution in [3.8, 4) is 5.75 Å². The smallest absolute Gasteiger partial charge is 0.360 e. The van der Waals surface area contributed by atoms with Crippen LogP contribution in [0.15, 0.2) is 16.7 Å². The van der Waals surface area contributed by atoms with Gasteiger partial charge in [0.1, 0.15) is 11.2 Å². The quantitative estimate of drug-likeness (QED) is 0.544. The average Bonchev–Trinajstić information content (AvgIpc) is 2.51. The van der Waals surface area contributed by atoms with E-state index in [1.54, 1.807) is 12.1 Å². The highest BCUT2D eigenvalue weighted by molar-refractivity contribution is 9.10. The molecule has 1 aromatic rings. The van der Waals surface area contributed by atoms with Gasteiger partial charge in [-0.15, -0.1) is 0 Å². The second-order valence-electron chi connectivity index (χ2n) is 7.33. The largest absolute Gasteiger partial charge is 0.489 e. The summed E-state index contributed by atoms with van der Waals surface area (Å²) in [6.07, 6.45) is 0.763. The number of halogens is 1. The highest BCUT2D eigenvalue weighted by Gasteiger charge is 2.25. The Bertz CT molecular complexity index is 612. The number of nitrogens with one attached hydrogen (secondary N) is 1. The van der Waals surface area contributed by atoms with Gasteiger partial charge in [-0.3, -0.25) is 4.79 Å². The van der Waals surface area contributed by atoms with Crippen molar-refractivity contribution in [1.29, 1.82) is 0 Å². The first-order chi connectivity index (χ1) is 11.5. The lowest BCUT2D eigenvalue weighted by Crippen LogP contribution is -2.45. The van der Waals surface area contributed by atoms with Gasteiger partial charge in [-0.1, -0.05) is 34.6 Å². The third-order valence-electron chi connectivity index (χ3n) is 3.42. The normalized spacial score (nSPS) is 12.6. The molecule has 0 aliphatic heterocycles. The van der Waals surface area contributed by atoms with Crippen LogP contribution in [0.5, 0.6) is 5.75 Å². The van der Waals surface area contributed by atoms with Gasteiger partial charge in [0.2, 0.25) is 5.91 Å². The van der Waals surface area contributed by atoms with E-state index in [4.69, 9.17) is 9.47 Å². The van der Waals surface area contributed by atoms with E-state index in [9.17, 15) is 9.59 Å². The van der Waals surface area contributed by atoms with Crippen LogP contribution in [0.3, 0.4) is 0 Å². The molecule has 0 spiro atoms. The molecule has 1 N–H and O–H groups in total. The fourth-order valence-electron chi connectivity index (χ4n) is 2.11. The van der Waals surface area contributed by atoms with Crippen molar-refractivity contribution in [1.82, 2.24) is 10.3 Å². The number of methoxy groups -OCH3 is 1. The Morgan fingerprint density at radius 3 is 2.44 bits per heavy atom. The predicted molar refractivity (Wildman–Crippen MR) is 99.6 cm³/mol. The fourth-order valence-corrected chi connectivity index (χ4v) is 2.42. The summed E-state index contributed by atoms with van der Waals surface area (Å²) in [6, 6.07) is 3.18. The highest BCUT2D eigenvalue weighted by Crippen LogP contribution is 2.21. The summed E-state index contributed by atoms with van der Waals surface area (Å²) in [5, 5.41) is 3.02. The summed E-state index contributed by atoms with van der Waals surface area (Å²) in [5.41, 5.74) is -0.381. The van der Waals surface area contributed by atoms with E-state index in [-0.39, 0.29) is 24.2 Å². The zero-order valence-corrected chi connectivity index (χ0v) is 17.3. The van der Waals surface area contributed by atoms with Crippen molar-refractivity contribution in [2.24, 2.45) is 11.3 Å². The number of amides is 1. The number of hydrogen-bond donors (Lipinski definition) is 1. The Labute approximate surface area is 157 Å². The lowest BCUT2D eigenvalue weighted by Gasteiger charge is -2.26. The number of nitrogens with zero attached hydrogens (tertiary/aromatic N) is 1. The minimum atomic E-state index is -0.574. The molecule has 0 saturated carbocycles. The Kier molecular flexibility index (Phi) is 7.86. The number of ether oxygens (including phenoxy) is 2. The van der Waals surface area contributed by atoms with Gasteiger partial charge in [0.05, 0.1) is 13.2 Å². The molecular formula is C18H27BrN2O4. The second-order valence-corrected chi connectivity index (χ2v) is 8.15. The maximum atomic E-state index is 12.3. The molecule has 6 nitrogen and oxygen atoms in total. The van der Waals surface area contributed by atoms with Crippen molar-refractivity contribution < 1.29 is 19.1 Å². The van der Waals surface area contributed by atoms with Gasteiger partial charge in [0.15, 0.2) is 11.4 Å². The van der Waals surface area contributed by atoms with E-state index >= 15 is 0 Å². The van der Waals surface area contributed by atoms with E-state index in [2.05, 4.69) is 40.1 Å². The summed E-state index contributed by atoms with van der Waals surface area (Å²) in [6.45, 7) is 10.00. The number of hydrogen-bond acceptors (Lipinski definition) is 5. The molecule has 0 radical (unpaired) electrons. The van der Waals surface area contributed by atoms with E-state index in [0.717, 1.165) is 6.42 Å². The first-order valence-electron chi connectivity index (χ1n) is 8.23. The Hall–Kier alpha value is -1.63. The van der Waals surface area contributed by atoms with Crippen molar-refractivity contribution in [3.05, 3.63) is 22.4 Å². The van der Waals surface area contributed by atoms with Crippen LogP contribution < -0.4 is 10.1 Å². The molecule has 140 valence electrons. The zero-order valence-electron chi connectivity index (χ0n) is 15.7. The van der Waals surface area contributed by atoms with Crippen molar-refractivity contribution in [2.45, 2.75) is 47.1 Å². The molecular weight excluding hydrogens is 388 g/mol. The van der Waals surface area contributed by atoms with E-state index in [1.165, 1.54) is 7.11 Å². The van der Waals surface area contributed by atoms with Gasteiger partial charge in [-0.2, -0.15) is 0 Å². The van der Waals surface area contributed by atoms with Crippen LogP contribution in [0.1, 0.15) is 51.5 Å². The molecule has 1 heterocycles. The standard InChI is InChI=1S/C18H27BrN2O4/c1-11(2)9-12(20-17(23)18(3,4)5)10-25-13-7-8-14(19)21-15(13)16(22)24-6/h7-8,11-12H,9-10H2,1-6H3,(H,20,23)/t12-/m0/s1. The van der Waals surface area contributed by atoms with Crippen LogP contribution >= 0.6 is 15.9 Å². The maximum absolute atomic E-state index is 12.3. The molecule has 1 amide bonds. The van der Waals surface area contributed by atoms with Gasteiger partial charge >= 0.3 is 5.97 Å². The Morgan fingerprint density at radius 2 is 1.92 bits per heavy atom. The van der Waals surface area contributed by atoms with Crippen LogP contribution in [0.2, 0.25) is 0 Å².